The van der Waals surface area contributed by atoms with Crippen molar-refractivity contribution in [1.82, 2.24) is 0 Å². The van der Waals surface area contributed by atoms with Crippen molar-refractivity contribution in [2.24, 2.45) is 11.7 Å². The molecule has 1 aliphatic rings. The molecule has 0 amide bonds. The Morgan fingerprint density at radius 2 is 2.33 bits per heavy atom. The zero-order valence-corrected chi connectivity index (χ0v) is 7.25. The van der Waals surface area contributed by atoms with Crippen LogP contribution in [0, 0.1) is 18.3 Å². The number of Topliss-reactive ketones (excluding diaryl/α,β-unsaturated/α-hetero) is 1. The number of terminal acetylenes is 1. The third-order valence-electron chi connectivity index (χ3n) is 2.50. The average molecular weight is 165 g/mol. The summed E-state index contributed by atoms with van der Waals surface area (Å²) < 4.78 is 0. The number of carbonyl (C=O) groups excluding carboxylic acids is 1. The molecule has 12 heavy (non-hydrogen) atoms. The van der Waals surface area contributed by atoms with Crippen molar-refractivity contribution < 1.29 is 4.79 Å². The van der Waals surface area contributed by atoms with Gasteiger partial charge in [-0.15, -0.1) is 12.3 Å². The Bertz CT molecular complexity index is 204. The van der Waals surface area contributed by atoms with Crippen LogP contribution in [0.5, 0.6) is 0 Å². The van der Waals surface area contributed by atoms with Gasteiger partial charge < -0.3 is 5.73 Å². The maximum absolute atomic E-state index is 11.4. The van der Waals surface area contributed by atoms with E-state index in [-0.39, 0.29) is 17.7 Å². The van der Waals surface area contributed by atoms with E-state index in [1.807, 2.05) is 0 Å². The monoisotopic (exact) mass is 165 g/mol. The summed E-state index contributed by atoms with van der Waals surface area (Å²) in [6.07, 6.45) is 9.19. The molecule has 0 aromatic carbocycles. The zero-order valence-electron chi connectivity index (χ0n) is 7.25. The molecule has 2 unspecified atom stereocenters. The van der Waals surface area contributed by atoms with Gasteiger partial charge in [-0.1, -0.05) is 6.42 Å². The summed E-state index contributed by atoms with van der Waals surface area (Å²) in [5, 5.41) is 0. The third-order valence-corrected chi connectivity index (χ3v) is 2.50. The van der Waals surface area contributed by atoms with Crippen molar-refractivity contribution in [3.63, 3.8) is 0 Å². The highest BCUT2D eigenvalue weighted by Gasteiger charge is 2.29. The Hall–Kier alpha value is -0.810. The molecule has 0 aliphatic heterocycles. The van der Waals surface area contributed by atoms with Gasteiger partial charge in [-0.05, 0) is 12.8 Å². The molecule has 1 aliphatic carbocycles. The lowest BCUT2D eigenvalue weighted by Gasteiger charge is -2.12. The van der Waals surface area contributed by atoms with E-state index >= 15 is 0 Å². The normalized spacial score (nSPS) is 28.3. The standard InChI is InChI=1S/C10H15NO/c1-2-3-7-10(12)8-5-4-6-9(8)11/h1,8-9H,3-7,11H2. The highest BCUT2D eigenvalue weighted by Crippen LogP contribution is 2.25. The lowest BCUT2D eigenvalue weighted by atomic mass is 9.96. The molecule has 0 bridgehead atoms. The van der Waals surface area contributed by atoms with E-state index in [1.165, 1.54) is 0 Å². The lowest BCUT2D eigenvalue weighted by Crippen LogP contribution is -2.30. The van der Waals surface area contributed by atoms with Crippen LogP contribution in [-0.2, 0) is 4.79 Å². The summed E-state index contributed by atoms with van der Waals surface area (Å²) in [4.78, 5) is 11.4. The smallest absolute Gasteiger partial charge is 0.138 e. The number of hydrogen-bond acceptors (Lipinski definition) is 2. The molecule has 2 atom stereocenters. The summed E-state index contributed by atoms with van der Waals surface area (Å²) in [6.45, 7) is 0. The highest BCUT2D eigenvalue weighted by atomic mass is 16.1. The first kappa shape index (κ1) is 9.28. The van der Waals surface area contributed by atoms with Crippen LogP contribution in [0.3, 0.4) is 0 Å². The summed E-state index contributed by atoms with van der Waals surface area (Å²) >= 11 is 0. The molecule has 66 valence electrons. The fraction of sp³-hybridized carbons (Fsp3) is 0.700. The Morgan fingerprint density at radius 3 is 2.83 bits per heavy atom. The van der Waals surface area contributed by atoms with E-state index in [9.17, 15) is 4.79 Å². The van der Waals surface area contributed by atoms with Gasteiger partial charge in [0.15, 0.2) is 0 Å². The molecule has 1 rings (SSSR count). The molecule has 1 fully saturated rings. The fourth-order valence-corrected chi connectivity index (χ4v) is 1.77. The largest absolute Gasteiger partial charge is 0.327 e. The zero-order chi connectivity index (χ0) is 8.97. The van der Waals surface area contributed by atoms with Crippen LogP contribution < -0.4 is 5.73 Å². The Morgan fingerprint density at radius 1 is 1.58 bits per heavy atom. The first-order valence-corrected chi connectivity index (χ1v) is 4.47. The van der Waals surface area contributed by atoms with Crippen LogP contribution >= 0.6 is 0 Å². The topological polar surface area (TPSA) is 43.1 Å². The molecule has 2 nitrogen and oxygen atoms in total. The maximum atomic E-state index is 11.4. The van der Waals surface area contributed by atoms with E-state index < -0.39 is 0 Å². The fourth-order valence-electron chi connectivity index (χ4n) is 1.77. The minimum Gasteiger partial charge on any atom is -0.327 e. The minimum atomic E-state index is 0.0928. The van der Waals surface area contributed by atoms with Gasteiger partial charge in [-0.25, -0.2) is 0 Å². The number of rotatable bonds is 3. The Balaban J connectivity index is 2.37. The van der Waals surface area contributed by atoms with E-state index in [0.717, 1.165) is 19.3 Å². The van der Waals surface area contributed by atoms with Crippen LogP contribution in [-0.4, -0.2) is 11.8 Å². The van der Waals surface area contributed by atoms with E-state index in [1.54, 1.807) is 0 Å². The van der Waals surface area contributed by atoms with E-state index in [4.69, 9.17) is 12.2 Å². The molecule has 0 aromatic rings. The second-order valence-electron chi connectivity index (χ2n) is 3.37. The molecule has 1 saturated carbocycles. The summed E-state index contributed by atoms with van der Waals surface area (Å²) in [5.74, 6) is 2.83. The van der Waals surface area contributed by atoms with Gasteiger partial charge in [0.2, 0.25) is 0 Å². The predicted octanol–water partition coefficient (Wildman–Crippen LogP) is 1.10. The number of hydrogen-bond donors (Lipinski definition) is 1. The molecule has 0 aromatic heterocycles. The second-order valence-corrected chi connectivity index (χ2v) is 3.37. The minimum absolute atomic E-state index is 0.0928. The van der Waals surface area contributed by atoms with Crippen LogP contribution in [0.2, 0.25) is 0 Å². The van der Waals surface area contributed by atoms with Gasteiger partial charge in [0.05, 0.1) is 0 Å². The van der Waals surface area contributed by atoms with Gasteiger partial charge in [-0.2, -0.15) is 0 Å². The quantitative estimate of drug-likeness (QED) is 0.636. The van der Waals surface area contributed by atoms with Gasteiger partial charge in [0, 0.05) is 24.8 Å². The van der Waals surface area contributed by atoms with Crippen LogP contribution in [0.15, 0.2) is 0 Å². The summed E-state index contributed by atoms with van der Waals surface area (Å²) in [5.41, 5.74) is 5.78. The maximum Gasteiger partial charge on any atom is 0.138 e. The van der Waals surface area contributed by atoms with Crippen molar-refractivity contribution in [1.29, 1.82) is 0 Å². The molecular formula is C10H15NO. The average Bonchev–Trinajstić information content (AvgIpc) is 2.47. The molecule has 2 heteroatoms. The van der Waals surface area contributed by atoms with Crippen molar-refractivity contribution >= 4 is 5.78 Å². The van der Waals surface area contributed by atoms with Gasteiger partial charge >= 0.3 is 0 Å². The van der Waals surface area contributed by atoms with Gasteiger partial charge in [0.1, 0.15) is 5.78 Å². The van der Waals surface area contributed by atoms with Gasteiger partial charge in [-0.3, -0.25) is 4.79 Å². The molecular weight excluding hydrogens is 150 g/mol. The van der Waals surface area contributed by atoms with Gasteiger partial charge in [0.25, 0.3) is 0 Å². The summed E-state index contributed by atoms with van der Waals surface area (Å²) in [7, 11) is 0. The van der Waals surface area contributed by atoms with Crippen molar-refractivity contribution in [2.45, 2.75) is 38.1 Å². The number of nitrogens with two attached hydrogens (primary N) is 1. The Kier molecular flexibility index (Phi) is 3.31. The first-order valence-electron chi connectivity index (χ1n) is 4.47. The molecule has 0 radical (unpaired) electrons. The predicted molar refractivity (Wildman–Crippen MR) is 48.4 cm³/mol. The molecule has 0 spiro atoms. The van der Waals surface area contributed by atoms with Crippen LogP contribution in [0.25, 0.3) is 0 Å². The summed E-state index contributed by atoms with van der Waals surface area (Å²) in [6, 6.07) is 0.0928. The van der Waals surface area contributed by atoms with Crippen molar-refractivity contribution in [2.75, 3.05) is 0 Å². The molecule has 0 heterocycles. The second kappa shape index (κ2) is 4.27. The van der Waals surface area contributed by atoms with Crippen LogP contribution in [0.1, 0.15) is 32.1 Å². The van der Waals surface area contributed by atoms with E-state index in [0.29, 0.717) is 12.8 Å². The van der Waals surface area contributed by atoms with Crippen LogP contribution in [0.4, 0.5) is 0 Å². The molecule has 0 saturated heterocycles. The highest BCUT2D eigenvalue weighted by molar-refractivity contribution is 5.82. The number of carbonyl (C=O) groups is 1. The first-order chi connectivity index (χ1) is 5.75. The number of ketones is 1. The van der Waals surface area contributed by atoms with Crippen molar-refractivity contribution in [3.8, 4) is 12.3 Å². The SMILES string of the molecule is C#CCCC(=O)C1CCCC1N. The Labute approximate surface area is 73.5 Å². The lowest BCUT2D eigenvalue weighted by molar-refractivity contribution is -0.122. The third kappa shape index (κ3) is 2.09. The van der Waals surface area contributed by atoms with Crippen molar-refractivity contribution in [3.05, 3.63) is 0 Å². The molecule has 2 N–H and O–H groups in total. The van der Waals surface area contributed by atoms with E-state index in [2.05, 4.69) is 5.92 Å².